The molecular weight excluding hydrogens is 620 g/mol. The van der Waals surface area contributed by atoms with Crippen LogP contribution in [0.5, 0.6) is 0 Å². The summed E-state index contributed by atoms with van der Waals surface area (Å²) in [5.74, 6) is -1.32. The van der Waals surface area contributed by atoms with Crippen LogP contribution in [-0.4, -0.2) is 86.7 Å². The molecule has 5 atom stereocenters. The first-order valence-corrected chi connectivity index (χ1v) is 18.3. The van der Waals surface area contributed by atoms with Gasteiger partial charge in [0, 0.05) is 30.9 Å². The van der Waals surface area contributed by atoms with Crippen molar-refractivity contribution in [3.05, 3.63) is 16.1 Å². The molecule has 1 aliphatic rings. The second-order valence-electron chi connectivity index (χ2n) is 14.3. The van der Waals surface area contributed by atoms with E-state index in [1.807, 2.05) is 32.6 Å². The molecule has 1 aromatic rings. The third-order valence-corrected chi connectivity index (χ3v) is 9.92. The van der Waals surface area contributed by atoms with Crippen LogP contribution >= 0.6 is 11.3 Å². The number of hydrogen-bond acceptors (Lipinski definition) is 9. The zero-order valence-electron chi connectivity index (χ0n) is 30.4. The van der Waals surface area contributed by atoms with Crippen LogP contribution in [0.25, 0.3) is 0 Å². The minimum atomic E-state index is -1.16. The van der Waals surface area contributed by atoms with Crippen molar-refractivity contribution in [1.29, 1.82) is 0 Å². The number of carbonyl (C=O) groups is 4. The Balaban J connectivity index is 2.40. The third-order valence-electron chi connectivity index (χ3n) is 8.97. The number of nitrogens with one attached hydrogen (secondary N) is 1. The second kappa shape index (κ2) is 18.1. The van der Waals surface area contributed by atoms with Crippen molar-refractivity contribution < 1.29 is 33.8 Å². The quantitative estimate of drug-likeness (QED) is 0.141. The maximum absolute atomic E-state index is 14.6. The van der Waals surface area contributed by atoms with Crippen LogP contribution in [0.15, 0.2) is 5.38 Å². The van der Waals surface area contributed by atoms with E-state index < -0.39 is 35.3 Å². The molecule has 0 aromatic carbocycles. The zero-order valence-corrected chi connectivity index (χ0v) is 31.2. The number of aliphatic hydroxyl groups is 1. The lowest BCUT2D eigenvalue weighted by Crippen LogP contribution is -2.62. The molecule has 2 heterocycles. The lowest BCUT2D eigenvalue weighted by atomic mass is 9.91. The molecule has 2 N–H and O–H groups in total. The van der Waals surface area contributed by atoms with Crippen molar-refractivity contribution in [1.82, 2.24) is 20.1 Å². The number of aliphatic hydroxyl groups excluding tert-OH is 1. The van der Waals surface area contributed by atoms with Crippen LogP contribution in [0.2, 0.25) is 0 Å². The Labute approximate surface area is 286 Å². The van der Waals surface area contributed by atoms with Gasteiger partial charge in [-0.3, -0.25) is 14.5 Å². The molecule has 268 valence electrons. The fourth-order valence-electron chi connectivity index (χ4n) is 5.94. The predicted octanol–water partition coefficient (Wildman–Crippen LogP) is 6.50. The summed E-state index contributed by atoms with van der Waals surface area (Å²) in [6.07, 6.45) is 4.26. The summed E-state index contributed by atoms with van der Waals surface area (Å²) in [4.78, 5) is 61.7. The Bertz CT molecular complexity index is 1180. The van der Waals surface area contributed by atoms with Crippen molar-refractivity contribution >= 4 is 35.2 Å². The number of nitrogens with zero attached hydrogens (tertiary/aromatic N) is 3. The van der Waals surface area contributed by atoms with E-state index in [9.17, 15) is 24.3 Å². The van der Waals surface area contributed by atoms with Crippen LogP contribution in [0.4, 0.5) is 4.79 Å². The minimum Gasteiger partial charge on any atom is -0.461 e. The van der Waals surface area contributed by atoms with Crippen LogP contribution in [0.1, 0.15) is 142 Å². The summed E-state index contributed by atoms with van der Waals surface area (Å²) in [5, 5.41) is 16.4. The Hall–Kier alpha value is -2.73. The summed E-state index contributed by atoms with van der Waals surface area (Å²) < 4.78 is 10.7. The van der Waals surface area contributed by atoms with Gasteiger partial charge in [0.2, 0.25) is 11.8 Å². The van der Waals surface area contributed by atoms with Crippen LogP contribution < -0.4 is 5.32 Å². The first kappa shape index (κ1) is 40.4. The van der Waals surface area contributed by atoms with E-state index in [0.717, 1.165) is 25.7 Å². The maximum atomic E-state index is 14.6. The molecule has 12 heteroatoms. The van der Waals surface area contributed by atoms with Gasteiger partial charge in [-0.2, -0.15) is 0 Å². The molecular formula is C35H60N4O7S. The van der Waals surface area contributed by atoms with Crippen LogP contribution in [0, 0.1) is 11.8 Å². The number of unbranched alkanes of at least 4 members (excludes halogenated alkanes) is 3. The van der Waals surface area contributed by atoms with Crippen molar-refractivity contribution in [2.75, 3.05) is 19.7 Å². The van der Waals surface area contributed by atoms with Crippen LogP contribution in [0.3, 0.4) is 0 Å². The van der Waals surface area contributed by atoms with Gasteiger partial charge in [-0.1, -0.05) is 60.3 Å². The van der Waals surface area contributed by atoms with Crippen molar-refractivity contribution in [3.63, 3.8) is 0 Å². The maximum Gasteiger partial charge on any atom is 0.411 e. The highest BCUT2D eigenvalue weighted by atomic mass is 32.1. The fourth-order valence-corrected chi connectivity index (χ4v) is 6.73. The molecule has 47 heavy (non-hydrogen) atoms. The molecule has 3 amide bonds. The number of amides is 3. The number of rotatable bonds is 17. The van der Waals surface area contributed by atoms with Gasteiger partial charge in [-0.25, -0.2) is 14.6 Å². The predicted molar refractivity (Wildman–Crippen MR) is 184 cm³/mol. The number of hydrogen-bond donors (Lipinski definition) is 2. The molecule has 11 nitrogen and oxygen atoms in total. The Morgan fingerprint density at radius 3 is 2.38 bits per heavy atom. The first-order valence-electron chi connectivity index (χ1n) is 17.4. The number of ether oxygens (including phenoxy) is 2. The molecule has 1 aliphatic heterocycles. The van der Waals surface area contributed by atoms with Gasteiger partial charge < -0.3 is 24.8 Å². The van der Waals surface area contributed by atoms with Crippen molar-refractivity contribution in [2.45, 2.75) is 150 Å². The van der Waals surface area contributed by atoms with Gasteiger partial charge in [-0.15, -0.1) is 11.3 Å². The van der Waals surface area contributed by atoms with Gasteiger partial charge in [0.25, 0.3) is 0 Å². The highest BCUT2D eigenvalue weighted by Crippen LogP contribution is 2.33. The van der Waals surface area contributed by atoms with Gasteiger partial charge in [0.05, 0.1) is 6.61 Å². The molecule has 0 saturated carbocycles. The molecule has 0 spiro atoms. The van der Waals surface area contributed by atoms with Gasteiger partial charge in [0.15, 0.2) is 5.69 Å². The average molecular weight is 681 g/mol. The lowest BCUT2D eigenvalue weighted by Gasteiger charge is -2.40. The zero-order chi connectivity index (χ0) is 35.5. The number of aromatic nitrogens is 1. The summed E-state index contributed by atoms with van der Waals surface area (Å²) in [7, 11) is 0. The SMILES string of the molecule is CCCCCCN(C(=O)[C@@H](NC(=O)[C@@]1(C)CCCN1C(=O)OC(C)(C)C)[C@@H](C)CC)[C@H](C[C@@H](O)c1nc(C(=O)OCC)cs1)C(C)C. The van der Waals surface area contributed by atoms with Gasteiger partial charge >= 0.3 is 12.1 Å². The van der Waals surface area contributed by atoms with E-state index in [0.29, 0.717) is 37.4 Å². The van der Waals surface area contributed by atoms with E-state index >= 15 is 0 Å². The largest absolute Gasteiger partial charge is 0.461 e. The first-order chi connectivity index (χ1) is 22.0. The van der Waals surface area contributed by atoms with E-state index in [2.05, 4.69) is 17.2 Å². The van der Waals surface area contributed by atoms with E-state index in [-0.39, 0.29) is 48.4 Å². The third kappa shape index (κ3) is 11.2. The molecule has 0 bridgehead atoms. The Morgan fingerprint density at radius 2 is 1.81 bits per heavy atom. The standard InChI is InChI=1S/C35H60N4O7S/c1-11-14-15-16-19-38(26(23(4)5)21-27(40)29-36-25(22-47-29)31(42)45-13-3)30(41)28(24(6)12-2)37-32(43)35(10)18-17-20-39(35)33(44)46-34(7,8)9/h22-24,26-28,40H,11-21H2,1-10H3,(H,37,43)/t24-,26+,27+,28-,35+/m0/s1. The van der Waals surface area contributed by atoms with Crippen molar-refractivity contribution in [2.24, 2.45) is 11.8 Å². The van der Waals surface area contributed by atoms with Crippen molar-refractivity contribution in [3.8, 4) is 0 Å². The number of likely N-dealkylation sites (tertiary alicyclic amines) is 1. The minimum absolute atomic E-state index is 0.0208. The smallest absolute Gasteiger partial charge is 0.411 e. The molecule has 1 saturated heterocycles. The fraction of sp³-hybridized carbons (Fsp3) is 0.800. The average Bonchev–Trinajstić information content (AvgIpc) is 3.65. The van der Waals surface area contributed by atoms with E-state index in [4.69, 9.17) is 9.47 Å². The lowest BCUT2D eigenvalue weighted by molar-refractivity contribution is -0.143. The molecule has 0 radical (unpaired) electrons. The number of thiazole rings is 1. The Kier molecular flexibility index (Phi) is 15.6. The molecule has 1 fully saturated rings. The van der Waals surface area contributed by atoms with E-state index in [1.165, 1.54) is 16.2 Å². The summed E-state index contributed by atoms with van der Waals surface area (Å²) in [6, 6.07) is -1.19. The summed E-state index contributed by atoms with van der Waals surface area (Å²) in [6.45, 7) is 20.0. The molecule has 0 aliphatic carbocycles. The molecule has 0 unspecified atom stereocenters. The number of carbonyl (C=O) groups excluding carboxylic acids is 4. The highest BCUT2D eigenvalue weighted by molar-refractivity contribution is 7.09. The van der Waals surface area contributed by atoms with E-state index in [1.54, 1.807) is 40.0 Å². The molecule has 2 rings (SSSR count). The number of esters is 1. The highest BCUT2D eigenvalue weighted by Gasteiger charge is 2.49. The Morgan fingerprint density at radius 1 is 1.13 bits per heavy atom. The monoisotopic (exact) mass is 680 g/mol. The van der Waals surface area contributed by atoms with Crippen LogP contribution in [-0.2, 0) is 19.1 Å². The second-order valence-corrected chi connectivity index (χ2v) is 15.2. The summed E-state index contributed by atoms with van der Waals surface area (Å²) >= 11 is 1.19. The topological polar surface area (TPSA) is 138 Å². The van der Waals surface area contributed by atoms with Gasteiger partial charge in [-0.05, 0) is 65.7 Å². The normalized spacial score (nSPS) is 19.2. The summed E-state index contributed by atoms with van der Waals surface area (Å²) in [5.41, 5.74) is -1.71. The van der Waals surface area contributed by atoms with Gasteiger partial charge in [0.1, 0.15) is 28.3 Å². The molecule has 1 aromatic heterocycles.